The summed E-state index contributed by atoms with van der Waals surface area (Å²) >= 11 is 1.60. The van der Waals surface area contributed by atoms with Gasteiger partial charge < -0.3 is 10.2 Å². The number of carbonyl (C=O) groups excluding carboxylic acids is 1. The number of hydrogen-bond donors (Lipinski definition) is 1. The number of anilines is 1. The van der Waals surface area contributed by atoms with E-state index in [0.717, 1.165) is 53.6 Å². The van der Waals surface area contributed by atoms with Crippen LogP contribution in [0.1, 0.15) is 57.4 Å². The van der Waals surface area contributed by atoms with Crippen molar-refractivity contribution in [1.29, 1.82) is 0 Å². The molecule has 4 heterocycles. The number of pyridine rings is 1. The minimum Gasteiger partial charge on any atom is -0.351 e. The summed E-state index contributed by atoms with van der Waals surface area (Å²) in [5.41, 5.74) is 4.44. The van der Waals surface area contributed by atoms with Crippen molar-refractivity contribution in [2.75, 3.05) is 18.4 Å². The first-order valence-corrected chi connectivity index (χ1v) is 11.8. The Kier molecular flexibility index (Phi) is 5.44. The predicted molar refractivity (Wildman–Crippen MR) is 124 cm³/mol. The number of aromatic nitrogens is 3. The highest BCUT2D eigenvalue weighted by Gasteiger charge is 2.29. The van der Waals surface area contributed by atoms with Gasteiger partial charge in [0.05, 0.1) is 10.6 Å². The first kappa shape index (κ1) is 20.1. The molecule has 1 amide bonds. The van der Waals surface area contributed by atoms with Gasteiger partial charge in [0.1, 0.15) is 0 Å². The summed E-state index contributed by atoms with van der Waals surface area (Å²) in [5, 5.41) is 3.43. The van der Waals surface area contributed by atoms with E-state index in [-0.39, 0.29) is 5.91 Å². The highest BCUT2D eigenvalue weighted by atomic mass is 32.1. The van der Waals surface area contributed by atoms with Crippen LogP contribution in [0.25, 0.3) is 11.1 Å². The van der Waals surface area contributed by atoms with E-state index < -0.39 is 0 Å². The minimum atomic E-state index is 0.160. The van der Waals surface area contributed by atoms with Crippen LogP contribution in [0.15, 0.2) is 36.8 Å². The maximum Gasteiger partial charge on any atom is 0.263 e. The number of piperidine rings is 1. The maximum absolute atomic E-state index is 13.0. The molecular weight excluding hydrogens is 406 g/mol. The van der Waals surface area contributed by atoms with E-state index in [2.05, 4.69) is 29.1 Å². The van der Waals surface area contributed by atoms with Crippen molar-refractivity contribution in [3.8, 4) is 11.1 Å². The number of aryl methyl sites for hydroxylation is 2. The van der Waals surface area contributed by atoms with Gasteiger partial charge in [-0.2, -0.15) is 0 Å². The standard InChI is InChI=1S/C24H27N5OS/c1-15-13-21(31-16(15)2)23(30)29-11-7-18(8-12-29)22-20(17-5-9-25-10-6-17)14-26-24(28-22)27-19-3-4-19/h5-6,9-10,13-14,18-19H,3-4,7-8,11-12H2,1-2H3,(H,26,27,28). The number of amides is 1. The Morgan fingerprint density at radius 3 is 2.52 bits per heavy atom. The van der Waals surface area contributed by atoms with Gasteiger partial charge in [0.2, 0.25) is 5.95 Å². The second-order valence-corrected chi connectivity index (χ2v) is 9.82. The van der Waals surface area contributed by atoms with Crippen LogP contribution in [0.2, 0.25) is 0 Å². The fourth-order valence-corrected chi connectivity index (χ4v) is 5.13. The van der Waals surface area contributed by atoms with E-state index in [4.69, 9.17) is 4.98 Å². The van der Waals surface area contributed by atoms with Gasteiger partial charge in [-0.05, 0) is 68.9 Å². The molecule has 2 aliphatic rings. The van der Waals surface area contributed by atoms with Crippen LogP contribution in [0.5, 0.6) is 0 Å². The number of nitrogens with one attached hydrogen (secondary N) is 1. The quantitative estimate of drug-likeness (QED) is 0.625. The summed E-state index contributed by atoms with van der Waals surface area (Å²) < 4.78 is 0. The summed E-state index contributed by atoms with van der Waals surface area (Å²) in [6, 6.07) is 6.56. The van der Waals surface area contributed by atoms with E-state index in [9.17, 15) is 4.79 Å². The molecule has 3 aromatic heterocycles. The van der Waals surface area contributed by atoms with Crippen LogP contribution in [0.3, 0.4) is 0 Å². The van der Waals surface area contributed by atoms with E-state index in [1.807, 2.05) is 41.7 Å². The molecule has 1 aliphatic heterocycles. The zero-order valence-corrected chi connectivity index (χ0v) is 18.8. The summed E-state index contributed by atoms with van der Waals surface area (Å²) in [6.45, 7) is 5.65. The lowest BCUT2D eigenvalue weighted by Crippen LogP contribution is -2.37. The van der Waals surface area contributed by atoms with Crippen molar-refractivity contribution in [3.63, 3.8) is 0 Å². The number of carbonyl (C=O) groups is 1. The van der Waals surface area contributed by atoms with Gasteiger partial charge in [0.25, 0.3) is 5.91 Å². The molecule has 3 aromatic rings. The second kappa shape index (κ2) is 8.38. The normalized spacial score (nSPS) is 17.0. The highest BCUT2D eigenvalue weighted by molar-refractivity contribution is 7.14. The van der Waals surface area contributed by atoms with Crippen molar-refractivity contribution < 1.29 is 4.79 Å². The lowest BCUT2D eigenvalue weighted by Gasteiger charge is -2.32. The zero-order valence-electron chi connectivity index (χ0n) is 18.0. The molecule has 0 unspecified atom stereocenters. The number of likely N-dealkylation sites (tertiary alicyclic amines) is 1. The monoisotopic (exact) mass is 433 g/mol. The Bertz CT molecular complexity index is 1070. The van der Waals surface area contributed by atoms with Gasteiger partial charge in [-0.3, -0.25) is 9.78 Å². The van der Waals surface area contributed by atoms with Crippen molar-refractivity contribution in [1.82, 2.24) is 19.9 Å². The Labute approximate surface area is 186 Å². The lowest BCUT2D eigenvalue weighted by atomic mass is 9.89. The zero-order chi connectivity index (χ0) is 21.4. The molecule has 160 valence electrons. The van der Waals surface area contributed by atoms with Crippen molar-refractivity contribution >= 4 is 23.2 Å². The van der Waals surface area contributed by atoms with Crippen LogP contribution < -0.4 is 5.32 Å². The molecule has 5 rings (SSSR count). The second-order valence-electron chi connectivity index (χ2n) is 8.56. The number of thiophene rings is 1. The van der Waals surface area contributed by atoms with E-state index in [1.165, 1.54) is 23.3 Å². The molecule has 0 atom stereocenters. The molecule has 0 aromatic carbocycles. The van der Waals surface area contributed by atoms with Crippen LogP contribution in [0.4, 0.5) is 5.95 Å². The van der Waals surface area contributed by atoms with Crippen molar-refractivity contribution in [2.45, 2.75) is 51.5 Å². The topological polar surface area (TPSA) is 71.0 Å². The number of rotatable bonds is 5. The Balaban J connectivity index is 1.36. The molecule has 1 aliphatic carbocycles. The predicted octanol–water partition coefficient (Wildman–Crippen LogP) is 4.81. The van der Waals surface area contributed by atoms with Crippen LogP contribution in [-0.2, 0) is 0 Å². The largest absolute Gasteiger partial charge is 0.351 e. The van der Waals surface area contributed by atoms with Crippen molar-refractivity contribution in [3.05, 3.63) is 57.8 Å². The van der Waals surface area contributed by atoms with Gasteiger partial charge in [-0.15, -0.1) is 11.3 Å². The van der Waals surface area contributed by atoms with E-state index >= 15 is 0 Å². The summed E-state index contributed by atoms with van der Waals surface area (Å²) in [6.07, 6.45) is 9.75. The van der Waals surface area contributed by atoms with E-state index in [1.54, 1.807) is 11.3 Å². The van der Waals surface area contributed by atoms with Gasteiger partial charge in [-0.25, -0.2) is 9.97 Å². The molecule has 1 saturated heterocycles. The first-order chi connectivity index (χ1) is 15.1. The van der Waals surface area contributed by atoms with Gasteiger partial charge in [-0.1, -0.05) is 0 Å². The van der Waals surface area contributed by atoms with Crippen LogP contribution in [-0.4, -0.2) is 44.9 Å². The fourth-order valence-electron chi connectivity index (χ4n) is 4.13. The maximum atomic E-state index is 13.0. The van der Waals surface area contributed by atoms with E-state index in [0.29, 0.717) is 12.0 Å². The fraction of sp³-hybridized carbons (Fsp3) is 0.417. The van der Waals surface area contributed by atoms with Crippen molar-refractivity contribution in [2.24, 2.45) is 0 Å². The molecule has 1 saturated carbocycles. The Morgan fingerprint density at radius 1 is 1.13 bits per heavy atom. The third-order valence-electron chi connectivity index (χ3n) is 6.27. The average molecular weight is 434 g/mol. The molecule has 0 spiro atoms. The van der Waals surface area contributed by atoms with Gasteiger partial charge in [0.15, 0.2) is 0 Å². The first-order valence-electron chi connectivity index (χ1n) is 11.0. The number of hydrogen-bond acceptors (Lipinski definition) is 6. The summed E-state index contributed by atoms with van der Waals surface area (Å²) in [5.74, 6) is 1.19. The van der Waals surface area contributed by atoms with Crippen LogP contribution in [0, 0.1) is 13.8 Å². The lowest BCUT2D eigenvalue weighted by molar-refractivity contribution is 0.0717. The summed E-state index contributed by atoms with van der Waals surface area (Å²) in [7, 11) is 0. The molecule has 7 heteroatoms. The average Bonchev–Trinajstić information content (AvgIpc) is 3.56. The molecule has 1 N–H and O–H groups in total. The third kappa shape index (κ3) is 4.32. The molecule has 0 radical (unpaired) electrons. The SMILES string of the molecule is Cc1cc(C(=O)N2CCC(c3nc(NC4CC4)ncc3-c3ccncc3)CC2)sc1C. The smallest absolute Gasteiger partial charge is 0.263 e. The minimum absolute atomic E-state index is 0.160. The molecule has 6 nitrogen and oxygen atoms in total. The van der Waals surface area contributed by atoms with Gasteiger partial charge >= 0.3 is 0 Å². The van der Waals surface area contributed by atoms with Gasteiger partial charge in [0, 0.05) is 54.1 Å². The summed E-state index contributed by atoms with van der Waals surface area (Å²) in [4.78, 5) is 30.7. The molecule has 31 heavy (non-hydrogen) atoms. The van der Waals surface area contributed by atoms with Crippen LogP contribution >= 0.6 is 11.3 Å². The molecule has 0 bridgehead atoms. The molecular formula is C24H27N5OS. The third-order valence-corrected chi connectivity index (χ3v) is 7.41. The molecule has 2 fully saturated rings. The Morgan fingerprint density at radius 2 is 1.87 bits per heavy atom. The highest BCUT2D eigenvalue weighted by Crippen LogP contribution is 2.35. The Hall–Kier alpha value is -2.80. The number of nitrogens with zero attached hydrogens (tertiary/aromatic N) is 4.